The summed E-state index contributed by atoms with van der Waals surface area (Å²) in [6.07, 6.45) is 8.14. The van der Waals surface area contributed by atoms with E-state index in [1.165, 1.54) is 18.2 Å². The van der Waals surface area contributed by atoms with Crippen LogP contribution in [0.4, 0.5) is 5.95 Å². The largest absolute Gasteiger partial charge is 0.341 e. The summed E-state index contributed by atoms with van der Waals surface area (Å²) in [5.41, 5.74) is 0.286. The van der Waals surface area contributed by atoms with Crippen molar-refractivity contribution in [2.45, 2.75) is 62.1 Å². The molecule has 1 aromatic heterocycles. The minimum Gasteiger partial charge on any atom is -0.341 e. The van der Waals surface area contributed by atoms with Crippen LogP contribution in [0.25, 0.3) is 5.69 Å². The highest BCUT2D eigenvalue weighted by Gasteiger charge is 2.33. The highest BCUT2D eigenvalue weighted by atomic mass is 32.2. The van der Waals surface area contributed by atoms with Crippen molar-refractivity contribution >= 4 is 23.6 Å². The first kappa shape index (κ1) is 20.7. The number of carbonyl (C=O) groups is 1. The average molecular weight is 425 g/mol. The third-order valence-electron chi connectivity index (χ3n) is 5.90. The third kappa shape index (κ3) is 4.62. The van der Waals surface area contributed by atoms with Gasteiger partial charge < -0.3 is 10.2 Å². The summed E-state index contributed by atoms with van der Waals surface area (Å²) in [7, 11) is 0. The van der Waals surface area contributed by atoms with Crippen molar-refractivity contribution in [2.75, 3.05) is 23.7 Å². The molecule has 2 aliphatic rings. The Morgan fingerprint density at radius 3 is 2.47 bits per heavy atom. The number of hydrogen-bond acceptors (Lipinski definition) is 6. The Balaban J connectivity index is 1.50. The van der Waals surface area contributed by atoms with Gasteiger partial charge in [0.1, 0.15) is 5.54 Å². The van der Waals surface area contributed by atoms with Crippen molar-refractivity contribution in [3.63, 3.8) is 0 Å². The molecule has 158 valence electrons. The van der Waals surface area contributed by atoms with Gasteiger partial charge in [-0.05, 0) is 44.2 Å². The summed E-state index contributed by atoms with van der Waals surface area (Å²) in [4.78, 5) is 14.9. The molecule has 0 radical (unpaired) electrons. The van der Waals surface area contributed by atoms with Gasteiger partial charge in [-0.25, -0.2) is 0 Å². The van der Waals surface area contributed by atoms with Crippen molar-refractivity contribution in [3.05, 3.63) is 30.3 Å². The van der Waals surface area contributed by atoms with Crippen LogP contribution in [0, 0.1) is 11.3 Å². The fourth-order valence-electron chi connectivity index (χ4n) is 4.31. The van der Waals surface area contributed by atoms with Crippen LogP contribution >= 0.6 is 11.8 Å². The Hall–Kier alpha value is -2.53. The second-order valence-electron chi connectivity index (χ2n) is 8.09. The second-order valence-corrected chi connectivity index (χ2v) is 9.04. The first-order chi connectivity index (χ1) is 14.7. The predicted molar refractivity (Wildman–Crippen MR) is 118 cm³/mol. The number of nitrogens with zero attached hydrogens (tertiary/aromatic N) is 5. The minimum absolute atomic E-state index is 0.120. The maximum atomic E-state index is 12.7. The van der Waals surface area contributed by atoms with Crippen molar-refractivity contribution < 1.29 is 4.79 Å². The summed E-state index contributed by atoms with van der Waals surface area (Å²) in [6.45, 7) is 1.95. The quantitative estimate of drug-likeness (QED) is 0.712. The molecule has 30 heavy (non-hydrogen) atoms. The SMILES string of the molecule is N#CC1(NC(=O)CSc2nnc(N3CCCCC3)n2-c2ccccc2)CCCCC1. The van der Waals surface area contributed by atoms with Crippen molar-refractivity contribution in [1.82, 2.24) is 20.1 Å². The maximum Gasteiger partial charge on any atom is 0.232 e. The third-order valence-corrected chi connectivity index (χ3v) is 6.83. The van der Waals surface area contributed by atoms with E-state index in [1.54, 1.807) is 0 Å². The van der Waals surface area contributed by atoms with Crippen molar-refractivity contribution in [3.8, 4) is 11.8 Å². The van der Waals surface area contributed by atoms with Gasteiger partial charge in [0, 0.05) is 13.1 Å². The molecule has 1 aliphatic carbocycles. The van der Waals surface area contributed by atoms with Gasteiger partial charge in [-0.15, -0.1) is 10.2 Å². The van der Waals surface area contributed by atoms with Gasteiger partial charge >= 0.3 is 0 Å². The number of nitriles is 1. The van der Waals surface area contributed by atoms with E-state index < -0.39 is 5.54 Å². The highest BCUT2D eigenvalue weighted by molar-refractivity contribution is 7.99. The molecule has 1 aliphatic heterocycles. The molecule has 1 amide bonds. The van der Waals surface area contributed by atoms with E-state index >= 15 is 0 Å². The zero-order chi connectivity index (χ0) is 20.8. The van der Waals surface area contributed by atoms with E-state index in [0.717, 1.165) is 69.7 Å². The number of piperidine rings is 1. The number of thioether (sulfide) groups is 1. The Bertz CT molecular complexity index is 894. The Morgan fingerprint density at radius 2 is 1.77 bits per heavy atom. The zero-order valence-corrected chi connectivity index (χ0v) is 18.0. The monoisotopic (exact) mass is 424 g/mol. The summed E-state index contributed by atoms with van der Waals surface area (Å²) >= 11 is 1.37. The number of nitrogens with one attached hydrogen (secondary N) is 1. The zero-order valence-electron chi connectivity index (χ0n) is 17.2. The molecule has 7 nitrogen and oxygen atoms in total. The lowest BCUT2D eigenvalue weighted by molar-refractivity contribution is -0.120. The van der Waals surface area contributed by atoms with E-state index in [1.807, 2.05) is 34.9 Å². The molecule has 0 bridgehead atoms. The number of rotatable bonds is 6. The molecular weight excluding hydrogens is 396 g/mol. The van der Waals surface area contributed by atoms with Crippen LogP contribution in [0.2, 0.25) is 0 Å². The molecule has 0 unspecified atom stereocenters. The molecule has 2 fully saturated rings. The van der Waals surface area contributed by atoms with E-state index in [0.29, 0.717) is 5.16 Å². The van der Waals surface area contributed by atoms with E-state index in [-0.39, 0.29) is 11.7 Å². The molecule has 2 heterocycles. The van der Waals surface area contributed by atoms with Crippen LogP contribution in [-0.4, -0.2) is 45.1 Å². The number of para-hydroxylation sites is 1. The van der Waals surface area contributed by atoms with Crippen LogP contribution in [0.3, 0.4) is 0 Å². The lowest BCUT2D eigenvalue weighted by Crippen LogP contribution is -2.49. The summed E-state index contributed by atoms with van der Waals surface area (Å²) in [5.74, 6) is 0.934. The van der Waals surface area contributed by atoms with E-state index in [2.05, 4.69) is 26.5 Å². The standard InChI is InChI=1S/C22H28N6OS/c23-17-22(12-6-2-7-13-22)24-19(29)16-30-21-26-25-20(27-14-8-3-9-15-27)28(21)18-10-4-1-5-11-18/h1,4-5,10-11H,2-3,6-9,12-16H2,(H,24,29). The highest BCUT2D eigenvalue weighted by Crippen LogP contribution is 2.30. The number of hydrogen-bond donors (Lipinski definition) is 1. The van der Waals surface area contributed by atoms with Gasteiger partial charge in [-0.2, -0.15) is 5.26 Å². The Kier molecular flexibility index (Phi) is 6.58. The smallest absolute Gasteiger partial charge is 0.232 e. The molecule has 2 aromatic rings. The number of carbonyl (C=O) groups excluding carboxylic acids is 1. The maximum absolute atomic E-state index is 12.7. The van der Waals surface area contributed by atoms with Crippen LogP contribution in [0.15, 0.2) is 35.5 Å². The fraction of sp³-hybridized carbons (Fsp3) is 0.545. The Labute approximate surface area is 181 Å². The predicted octanol–water partition coefficient (Wildman–Crippen LogP) is 3.69. The van der Waals surface area contributed by atoms with Gasteiger partial charge in [0.25, 0.3) is 0 Å². The number of benzene rings is 1. The summed E-state index contributed by atoms with van der Waals surface area (Å²) in [6, 6.07) is 12.4. The van der Waals surface area contributed by atoms with E-state index in [4.69, 9.17) is 0 Å². The molecule has 8 heteroatoms. The van der Waals surface area contributed by atoms with Gasteiger partial charge in [-0.1, -0.05) is 49.2 Å². The first-order valence-corrected chi connectivity index (χ1v) is 11.8. The molecule has 4 rings (SSSR count). The van der Waals surface area contributed by atoms with Gasteiger partial charge in [0.2, 0.25) is 11.9 Å². The normalized spacial score (nSPS) is 18.6. The second kappa shape index (κ2) is 9.52. The minimum atomic E-state index is -0.706. The number of aromatic nitrogens is 3. The summed E-state index contributed by atoms with van der Waals surface area (Å²) < 4.78 is 2.05. The van der Waals surface area contributed by atoms with Crippen LogP contribution in [0.5, 0.6) is 0 Å². The number of anilines is 1. The molecular formula is C22H28N6OS. The lowest BCUT2D eigenvalue weighted by atomic mass is 9.83. The van der Waals surface area contributed by atoms with Crippen LogP contribution in [0.1, 0.15) is 51.4 Å². The van der Waals surface area contributed by atoms with Crippen molar-refractivity contribution in [2.24, 2.45) is 0 Å². The average Bonchev–Trinajstić information content (AvgIpc) is 3.23. The molecule has 0 atom stereocenters. The fourth-order valence-corrected chi connectivity index (χ4v) is 5.06. The first-order valence-electron chi connectivity index (χ1n) is 10.8. The molecule has 1 N–H and O–H groups in total. The van der Waals surface area contributed by atoms with E-state index in [9.17, 15) is 10.1 Å². The molecule has 1 saturated heterocycles. The molecule has 0 spiro atoms. The van der Waals surface area contributed by atoms with Crippen LogP contribution < -0.4 is 10.2 Å². The van der Waals surface area contributed by atoms with Gasteiger partial charge in [0.15, 0.2) is 5.16 Å². The molecule has 1 saturated carbocycles. The van der Waals surface area contributed by atoms with Crippen LogP contribution in [-0.2, 0) is 4.79 Å². The van der Waals surface area contributed by atoms with Gasteiger partial charge in [-0.3, -0.25) is 9.36 Å². The molecule has 1 aromatic carbocycles. The lowest BCUT2D eigenvalue weighted by Gasteiger charge is -2.31. The van der Waals surface area contributed by atoms with Gasteiger partial charge in [0.05, 0.1) is 17.5 Å². The topological polar surface area (TPSA) is 86.8 Å². The van der Waals surface area contributed by atoms with Crippen molar-refractivity contribution in [1.29, 1.82) is 5.26 Å². The Morgan fingerprint density at radius 1 is 1.07 bits per heavy atom. The summed E-state index contributed by atoms with van der Waals surface area (Å²) in [5, 5.41) is 22.2. The number of amides is 1.